The summed E-state index contributed by atoms with van der Waals surface area (Å²) >= 11 is 0. The molecule has 0 spiro atoms. The van der Waals surface area contributed by atoms with Gasteiger partial charge >= 0.3 is 0 Å². The highest BCUT2D eigenvalue weighted by atomic mass is 16.5. The Bertz CT molecular complexity index is 1060. The highest BCUT2D eigenvalue weighted by molar-refractivity contribution is 5.83. The molecule has 1 aromatic heterocycles. The summed E-state index contributed by atoms with van der Waals surface area (Å²) in [6.07, 6.45) is 3.67. The van der Waals surface area contributed by atoms with Gasteiger partial charge in [0.2, 0.25) is 11.2 Å². The van der Waals surface area contributed by atoms with Crippen molar-refractivity contribution in [3.05, 3.63) is 58.4 Å². The summed E-state index contributed by atoms with van der Waals surface area (Å²) in [4.78, 5) is 15.3. The van der Waals surface area contributed by atoms with Crippen LogP contribution in [0.15, 0.2) is 51.9 Å². The lowest BCUT2D eigenvalue weighted by Crippen LogP contribution is -2.33. The van der Waals surface area contributed by atoms with Crippen LogP contribution in [0.3, 0.4) is 0 Å². The molecular formula is C23H25NO5. The van der Waals surface area contributed by atoms with Gasteiger partial charge < -0.3 is 19.0 Å². The fraction of sp³-hybridized carbons (Fsp3) is 0.348. The van der Waals surface area contributed by atoms with Crippen LogP contribution < -0.4 is 14.9 Å². The Morgan fingerprint density at radius 1 is 1.17 bits per heavy atom. The predicted molar refractivity (Wildman–Crippen MR) is 111 cm³/mol. The summed E-state index contributed by atoms with van der Waals surface area (Å²) in [5.74, 6) is 2.08. The molecule has 0 amide bonds. The third kappa shape index (κ3) is 4.07. The lowest BCUT2D eigenvalue weighted by atomic mass is 9.99. The summed E-state index contributed by atoms with van der Waals surface area (Å²) < 4.78 is 16.6. The monoisotopic (exact) mass is 395 g/mol. The molecule has 1 atom stereocenters. The van der Waals surface area contributed by atoms with Gasteiger partial charge in [-0.25, -0.2) is 0 Å². The maximum absolute atomic E-state index is 13.0. The number of nitrogens with zero attached hydrogens (tertiary/aromatic N) is 1. The predicted octanol–water partition coefficient (Wildman–Crippen LogP) is 4.53. The minimum atomic E-state index is -0.268. The second-order valence-corrected chi connectivity index (χ2v) is 7.63. The molecule has 6 nitrogen and oxygen atoms in total. The van der Waals surface area contributed by atoms with E-state index in [1.165, 1.54) is 12.7 Å². The van der Waals surface area contributed by atoms with Crippen LogP contribution in [0.2, 0.25) is 0 Å². The Kier molecular flexibility index (Phi) is 5.45. The van der Waals surface area contributed by atoms with Crippen LogP contribution in [-0.4, -0.2) is 30.2 Å². The van der Waals surface area contributed by atoms with Crippen molar-refractivity contribution < 1.29 is 19.0 Å². The number of piperidine rings is 1. The maximum atomic E-state index is 13.0. The molecule has 6 heteroatoms. The standard InChI is InChI=1S/C23H25NO5/c1-15-4-3-11-24(12-15)13-19-20(25)10-9-18-22(26)21(14-28-23(18)19)29-17-7-5-16(27-2)6-8-17/h5-10,14-15,25H,3-4,11-13H2,1-2H3/t15-/m0/s1. The van der Waals surface area contributed by atoms with Gasteiger partial charge in [0.15, 0.2) is 0 Å². The van der Waals surface area contributed by atoms with Crippen molar-refractivity contribution in [2.45, 2.75) is 26.3 Å². The zero-order valence-corrected chi connectivity index (χ0v) is 16.7. The van der Waals surface area contributed by atoms with Gasteiger partial charge in [-0.1, -0.05) is 6.92 Å². The van der Waals surface area contributed by atoms with E-state index >= 15 is 0 Å². The van der Waals surface area contributed by atoms with Gasteiger partial charge in [0.1, 0.15) is 29.1 Å². The first kappa shape index (κ1) is 19.3. The van der Waals surface area contributed by atoms with E-state index in [0.717, 1.165) is 19.5 Å². The Morgan fingerprint density at radius 3 is 2.66 bits per heavy atom. The SMILES string of the molecule is COc1ccc(Oc2coc3c(CN4CCC[C@H](C)C4)c(O)ccc3c2=O)cc1. The van der Waals surface area contributed by atoms with Gasteiger partial charge in [0.25, 0.3) is 0 Å². The molecule has 1 aliphatic heterocycles. The number of likely N-dealkylation sites (tertiary alicyclic amines) is 1. The molecule has 4 rings (SSSR count). The molecule has 1 saturated heterocycles. The number of fused-ring (bicyclic) bond motifs is 1. The van der Waals surface area contributed by atoms with Crippen molar-refractivity contribution in [3.8, 4) is 23.0 Å². The van der Waals surface area contributed by atoms with Gasteiger partial charge in [-0.2, -0.15) is 0 Å². The summed E-state index contributed by atoms with van der Waals surface area (Å²) in [5.41, 5.74) is 0.787. The average molecular weight is 395 g/mol. The highest BCUT2D eigenvalue weighted by Gasteiger charge is 2.21. The van der Waals surface area contributed by atoms with E-state index in [1.807, 2.05) is 0 Å². The lowest BCUT2D eigenvalue weighted by Gasteiger charge is -2.31. The zero-order valence-electron chi connectivity index (χ0n) is 16.7. The van der Waals surface area contributed by atoms with Crippen molar-refractivity contribution in [2.24, 2.45) is 5.92 Å². The van der Waals surface area contributed by atoms with Crippen molar-refractivity contribution in [2.75, 3.05) is 20.2 Å². The van der Waals surface area contributed by atoms with Crippen LogP contribution in [0.1, 0.15) is 25.3 Å². The lowest BCUT2D eigenvalue weighted by molar-refractivity contribution is 0.175. The Morgan fingerprint density at radius 2 is 1.93 bits per heavy atom. The molecule has 29 heavy (non-hydrogen) atoms. The second-order valence-electron chi connectivity index (χ2n) is 7.63. The highest BCUT2D eigenvalue weighted by Crippen LogP contribution is 2.31. The van der Waals surface area contributed by atoms with Crippen LogP contribution in [0.25, 0.3) is 11.0 Å². The number of aromatic hydroxyl groups is 1. The Labute approximate surface area is 169 Å². The molecule has 2 aromatic carbocycles. The van der Waals surface area contributed by atoms with Crippen LogP contribution in [0.5, 0.6) is 23.0 Å². The quantitative estimate of drug-likeness (QED) is 0.684. The molecule has 152 valence electrons. The van der Waals surface area contributed by atoms with Gasteiger partial charge in [-0.15, -0.1) is 0 Å². The third-order valence-electron chi connectivity index (χ3n) is 5.40. The van der Waals surface area contributed by atoms with Crippen molar-refractivity contribution in [1.82, 2.24) is 4.90 Å². The first-order valence-electron chi connectivity index (χ1n) is 9.85. The van der Waals surface area contributed by atoms with Crippen LogP contribution in [-0.2, 0) is 6.54 Å². The normalized spacial score (nSPS) is 17.4. The van der Waals surface area contributed by atoms with E-state index in [2.05, 4.69) is 11.8 Å². The fourth-order valence-electron chi connectivity index (χ4n) is 3.88. The summed E-state index contributed by atoms with van der Waals surface area (Å²) in [6, 6.07) is 10.1. The minimum absolute atomic E-state index is 0.103. The van der Waals surface area contributed by atoms with E-state index in [4.69, 9.17) is 13.9 Å². The van der Waals surface area contributed by atoms with Crippen LogP contribution in [0.4, 0.5) is 0 Å². The smallest absolute Gasteiger partial charge is 0.235 e. The van der Waals surface area contributed by atoms with E-state index < -0.39 is 0 Å². The number of hydrogen-bond donors (Lipinski definition) is 1. The number of benzene rings is 2. The molecule has 3 aromatic rings. The summed E-state index contributed by atoms with van der Waals surface area (Å²) in [5, 5.41) is 10.8. The van der Waals surface area contributed by atoms with E-state index in [-0.39, 0.29) is 16.9 Å². The molecule has 1 fully saturated rings. The summed E-state index contributed by atoms with van der Waals surface area (Å²) in [7, 11) is 1.59. The van der Waals surface area contributed by atoms with Gasteiger partial charge in [-0.05, 0) is 61.7 Å². The van der Waals surface area contributed by atoms with E-state index in [1.54, 1.807) is 43.5 Å². The van der Waals surface area contributed by atoms with Crippen molar-refractivity contribution >= 4 is 11.0 Å². The minimum Gasteiger partial charge on any atom is -0.507 e. The third-order valence-corrected chi connectivity index (χ3v) is 5.40. The molecule has 0 radical (unpaired) electrons. The molecule has 1 aliphatic rings. The van der Waals surface area contributed by atoms with Gasteiger partial charge in [0.05, 0.1) is 18.1 Å². The first-order valence-corrected chi connectivity index (χ1v) is 9.85. The van der Waals surface area contributed by atoms with Crippen molar-refractivity contribution in [1.29, 1.82) is 0 Å². The van der Waals surface area contributed by atoms with Crippen LogP contribution >= 0.6 is 0 Å². The topological polar surface area (TPSA) is 72.1 Å². The first-order chi connectivity index (χ1) is 14.0. The fourth-order valence-corrected chi connectivity index (χ4v) is 3.88. The molecule has 0 aliphatic carbocycles. The molecule has 0 saturated carbocycles. The Balaban J connectivity index is 1.65. The Hall–Kier alpha value is -2.99. The molecular weight excluding hydrogens is 370 g/mol. The largest absolute Gasteiger partial charge is 0.507 e. The number of rotatable bonds is 5. The number of phenolic OH excluding ortho intramolecular Hbond substituents is 1. The van der Waals surface area contributed by atoms with E-state index in [0.29, 0.717) is 40.5 Å². The number of ether oxygens (including phenoxy) is 2. The second kappa shape index (κ2) is 8.17. The zero-order chi connectivity index (χ0) is 20.4. The maximum Gasteiger partial charge on any atom is 0.235 e. The van der Waals surface area contributed by atoms with Gasteiger partial charge in [-0.3, -0.25) is 9.69 Å². The molecule has 2 heterocycles. The molecule has 0 unspecified atom stereocenters. The number of methoxy groups -OCH3 is 1. The average Bonchev–Trinajstić information content (AvgIpc) is 2.73. The molecule has 0 bridgehead atoms. The summed E-state index contributed by atoms with van der Waals surface area (Å²) in [6.45, 7) is 4.73. The number of hydrogen-bond acceptors (Lipinski definition) is 6. The van der Waals surface area contributed by atoms with Crippen LogP contribution in [0, 0.1) is 5.92 Å². The van der Waals surface area contributed by atoms with Gasteiger partial charge in [0, 0.05) is 13.1 Å². The van der Waals surface area contributed by atoms with E-state index in [9.17, 15) is 9.90 Å². The van der Waals surface area contributed by atoms with Crippen molar-refractivity contribution in [3.63, 3.8) is 0 Å². The number of phenols is 1. The molecule has 1 N–H and O–H groups in total.